The molecule has 0 saturated heterocycles. The second kappa shape index (κ2) is 11.6. The SMILES string of the molecule is COc1cc([C@@H](C)NCc2cccc(OCc3ccccc3Cl)c2)ccc1OCCO. The Morgan fingerprint density at radius 1 is 0.968 bits per heavy atom. The van der Waals surface area contributed by atoms with Crippen molar-refractivity contribution in [3.63, 3.8) is 0 Å². The van der Waals surface area contributed by atoms with Gasteiger partial charge >= 0.3 is 0 Å². The standard InChI is InChI=1S/C25H28ClNO4/c1-18(20-10-11-24(30-13-12-28)25(15-20)29-2)27-16-19-6-5-8-22(14-19)31-17-21-7-3-4-9-23(21)26/h3-11,14-15,18,27-28H,12-13,16-17H2,1-2H3/t18-/m1/s1. The molecule has 0 aliphatic carbocycles. The summed E-state index contributed by atoms with van der Waals surface area (Å²) in [6.45, 7) is 3.41. The van der Waals surface area contributed by atoms with Crippen LogP contribution in [0.5, 0.6) is 17.2 Å². The topological polar surface area (TPSA) is 60.0 Å². The molecule has 3 rings (SSSR count). The molecule has 0 aliphatic rings. The fourth-order valence-corrected chi connectivity index (χ4v) is 3.33. The van der Waals surface area contributed by atoms with Crippen molar-refractivity contribution in [3.8, 4) is 17.2 Å². The summed E-state index contributed by atoms with van der Waals surface area (Å²) in [6.07, 6.45) is 0. The van der Waals surface area contributed by atoms with E-state index in [2.05, 4.69) is 18.3 Å². The zero-order valence-corrected chi connectivity index (χ0v) is 18.6. The number of hydrogen-bond acceptors (Lipinski definition) is 5. The Morgan fingerprint density at radius 3 is 2.58 bits per heavy atom. The van der Waals surface area contributed by atoms with Crippen molar-refractivity contribution < 1.29 is 19.3 Å². The first-order valence-electron chi connectivity index (χ1n) is 10.2. The lowest BCUT2D eigenvalue weighted by molar-refractivity contribution is 0.196. The summed E-state index contributed by atoms with van der Waals surface area (Å²) in [6, 6.07) is 21.6. The van der Waals surface area contributed by atoms with E-state index in [1.165, 1.54) is 0 Å². The molecule has 6 heteroatoms. The largest absolute Gasteiger partial charge is 0.493 e. The minimum atomic E-state index is -0.0377. The van der Waals surface area contributed by atoms with Crippen LogP contribution < -0.4 is 19.5 Å². The molecule has 0 heterocycles. The maximum absolute atomic E-state index is 8.94. The predicted octanol–water partition coefficient (Wildman–Crippen LogP) is 5.15. The number of aliphatic hydroxyl groups excluding tert-OH is 1. The molecule has 31 heavy (non-hydrogen) atoms. The lowest BCUT2D eigenvalue weighted by Crippen LogP contribution is -2.18. The number of halogens is 1. The van der Waals surface area contributed by atoms with E-state index in [1.54, 1.807) is 7.11 Å². The Morgan fingerprint density at radius 2 is 1.81 bits per heavy atom. The summed E-state index contributed by atoms with van der Waals surface area (Å²) in [5, 5.41) is 13.2. The van der Waals surface area contributed by atoms with Crippen molar-refractivity contribution in [1.29, 1.82) is 0 Å². The summed E-state index contributed by atoms with van der Waals surface area (Å²) in [7, 11) is 1.61. The van der Waals surface area contributed by atoms with Crippen LogP contribution in [0.15, 0.2) is 66.7 Å². The zero-order valence-electron chi connectivity index (χ0n) is 17.8. The molecular weight excluding hydrogens is 414 g/mol. The van der Waals surface area contributed by atoms with Crippen LogP contribution in [-0.4, -0.2) is 25.4 Å². The number of hydrogen-bond donors (Lipinski definition) is 2. The Balaban J connectivity index is 1.58. The van der Waals surface area contributed by atoms with Crippen molar-refractivity contribution in [3.05, 3.63) is 88.4 Å². The lowest BCUT2D eigenvalue weighted by atomic mass is 10.1. The summed E-state index contributed by atoms with van der Waals surface area (Å²) >= 11 is 6.20. The number of nitrogens with one attached hydrogen (secondary N) is 1. The van der Waals surface area contributed by atoms with Gasteiger partial charge in [-0.05, 0) is 48.4 Å². The second-order valence-corrected chi connectivity index (χ2v) is 7.52. The van der Waals surface area contributed by atoms with Crippen molar-refractivity contribution in [1.82, 2.24) is 5.32 Å². The normalized spacial score (nSPS) is 11.7. The second-order valence-electron chi connectivity index (χ2n) is 7.11. The fourth-order valence-electron chi connectivity index (χ4n) is 3.14. The quantitative estimate of drug-likeness (QED) is 0.431. The summed E-state index contributed by atoms with van der Waals surface area (Å²) in [5.41, 5.74) is 3.17. The van der Waals surface area contributed by atoms with Gasteiger partial charge in [-0.2, -0.15) is 0 Å². The van der Waals surface area contributed by atoms with Gasteiger partial charge in [0, 0.05) is 23.2 Å². The third kappa shape index (κ3) is 6.62. The highest BCUT2D eigenvalue weighted by Crippen LogP contribution is 2.30. The molecule has 0 radical (unpaired) electrons. The zero-order chi connectivity index (χ0) is 22.1. The molecule has 164 valence electrons. The van der Waals surface area contributed by atoms with Crippen LogP contribution in [0.3, 0.4) is 0 Å². The van der Waals surface area contributed by atoms with Crippen LogP contribution in [0.25, 0.3) is 0 Å². The maximum atomic E-state index is 8.94. The van der Waals surface area contributed by atoms with Gasteiger partial charge in [0.1, 0.15) is 19.0 Å². The van der Waals surface area contributed by atoms with Gasteiger partial charge in [0.15, 0.2) is 11.5 Å². The van der Waals surface area contributed by atoms with E-state index in [9.17, 15) is 0 Å². The average molecular weight is 442 g/mol. The first-order valence-corrected chi connectivity index (χ1v) is 10.6. The van der Waals surface area contributed by atoms with Gasteiger partial charge in [-0.25, -0.2) is 0 Å². The monoisotopic (exact) mass is 441 g/mol. The van der Waals surface area contributed by atoms with E-state index in [-0.39, 0.29) is 19.3 Å². The molecule has 0 amide bonds. The molecule has 0 aromatic heterocycles. The average Bonchev–Trinajstić information content (AvgIpc) is 2.80. The van der Waals surface area contributed by atoms with Crippen molar-refractivity contribution in [2.75, 3.05) is 20.3 Å². The van der Waals surface area contributed by atoms with E-state index in [1.807, 2.05) is 60.7 Å². The molecule has 0 spiro atoms. The third-order valence-corrected chi connectivity index (χ3v) is 5.27. The number of benzene rings is 3. The smallest absolute Gasteiger partial charge is 0.161 e. The predicted molar refractivity (Wildman–Crippen MR) is 123 cm³/mol. The summed E-state index contributed by atoms with van der Waals surface area (Å²) in [4.78, 5) is 0. The highest BCUT2D eigenvalue weighted by Gasteiger charge is 2.11. The highest BCUT2D eigenvalue weighted by molar-refractivity contribution is 6.31. The van der Waals surface area contributed by atoms with Gasteiger partial charge in [0.25, 0.3) is 0 Å². The number of rotatable bonds is 11. The Bertz CT molecular complexity index is 979. The maximum Gasteiger partial charge on any atom is 0.161 e. The first kappa shape index (κ1) is 22.9. The highest BCUT2D eigenvalue weighted by atomic mass is 35.5. The van der Waals surface area contributed by atoms with Crippen molar-refractivity contribution in [2.45, 2.75) is 26.1 Å². The van der Waals surface area contributed by atoms with Crippen LogP contribution in [0.2, 0.25) is 5.02 Å². The lowest BCUT2D eigenvalue weighted by Gasteiger charge is -2.17. The number of methoxy groups -OCH3 is 1. The number of ether oxygens (including phenoxy) is 3. The minimum absolute atomic E-state index is 0.0377. The molecule has 0 saturated carbocycles. The summed E-state index contributed by atoms with van der Waals surface area (Å²) in [5.74, 6) is 2.07. The number of aliphatic hydroxyl groups is 1. The van der Waals surface area contributed by atoms with Gasteiger partial charge in [0.05, 0.1) is 13.7 Å². The van der Waals surface area contributed by atoms with Crippen LogP contribution >= 0.6 is 11.6 Å². The first-order chi connectivity index (χ1) is 15.1. The molecule has 1 atom stereocenters. The van der Waals surface area contributed by atoms with E-state index in [4.69, 9.17) is 30.9 Å². The van der Waals surface area contributed by atoms with E-state index >= 15 is 0 Å². The molecule has 5 nitrogen and oxygen atoms in total. The van der Waals surface area contributed by atoms with E-state index in [0.717, 1.165) is 22.4 Å². The van der Waals surface area contributed by atoms with Crippen LogP contribution in [0.4, 0.5) is 0 Å². The van der Waals surface area contributed by atoms with Gasteiger partial charge in [-0.1, -0.05) is 48.0 Å². The molecule has 3 aromatic carbocycles. The molecule has 2 N–H and O–H groups in total. The van der Waals surface area contributed by atoms with Crippen LogP contribution in [0.1, 0.15) is 29.7 Å². The Kier molecular flexibility index (Phi) is 8.59. The molecule has 0 unspecified atom stereocenters. The molecular formula is C25H28ClNO4. The van der Waals surface area contributed by atoms with Gasteiger partial charge in [-0.3, -0.25) is 0 Å². The molecule has 3 aromatic rings. The van der Waals surface area contributed by atoms with Gasteiger partial charge < -0.3 is 24.6 Å². The fraction of sp³-hybridized carbons (Fsp3) is 0.280. The Hall–Kier alpha value is -2.73. The van der Waals surface area contributed by atoms with Crippen LogP contribution in [0, 0.1) is 0 Å². The molecule has 0 fully saturated rings. The molecule has 0 bridgehead atoms. The molecule has 0 aliphatic heterocycles. The van der Waals surface area contributed by atoms with E-state index in [0.29, 0.717) is 29.7 Å². The third-order valence-electron chi connectivity index (χ3n) is 4.90. The van der Waals surface area contributed by atoms with Gasteiger partial charge in [0.2, 0.25) is 0 Å². The van der Waals surface area contributed by atoms with Crippen molar-refractivity contribution >= 4 is 11.6 Å². The van der Waals surface area contributed by atoms with Crippen LogP contribution in [-0.2, 0) is 13.2 Å². The van der Waals surface area contributed by atoms with Gasteiger partial charge in [-0.15, -0.1) is 0 Å². The Labute approximate surface area is 188 Å². The van der Waals surface area contributed by atoms with E-state index < -0.39 is 0 Å². The minimum Gasteiger partial charge on any atom is -0.493 e. The van der Waals surface area contributed by atoms with Crippen molar-refractivity contribution in [2.24, 2.45) is 0 Å². The summed E-state index contributed by atoms with van der Waals surface area (Å²) < 4.78 is 16.8.